The summed E-state index contributed by atoms with van der Waals surface area (Å²) >= 11 is 0. The number of halogens is 2. The number of nitrogens with two attached hydrogens (primary N) is 1. The highest BCUT2D eigenvalue weighted by Gasteiger charge is 2.32. The van der Waals surface area contributed by atoms with E-state index in [0.717, 1.165) is 52.9 Å². The number of nitrogens with one attached hydrogen (secondary N) is 1. The van der Waals surface area contributed by atoms with Crippen LogP contribution in [0.3, 0.4) is 0 Å². The van der Waals surface area contributed by atoms with E-state index in [0.29, 0.717) is 19.6 Å². The van der Waals surface area contributed by atoms with Crippen LogP contribution in [0.25, 0.3) is 0 Å². The minimum atomic E-state index is -0.565. The van der Waals surface area contributed by atoms with E-state index in [1.807, 2.05) is 37.8 Å². The van der Waals surface area contributed by atoms with E-state index < -0.39 is 11.9 Å². The molecule has 3 N–H and O–H groups in total. The van der Waals surface area contributed by atoms with Crippen molar-refractivity contribution in [1.29, 1.82) is 0 Å². The molecule has 6 nitrogen and oxygen atoms in total. The van der Waals surface area contributed by atoms with Gasteiger partial charge in [-0.25, -0.2) is 8.78 Å². The molecule has 0 bridgehead atoms. The van der Waals surface area contributed by atoms with Crippen molar-refractivity contribution in [3.05, 3.63) is 100 Å². The molecule has 1 fully saturated rings. The molecule has 1 unspecified atom stereocenters. The molecular formula is C32H38F2N4O2. The molecule has 1 atom stereocenters. The molecule has 0 spiro atoms. The molecule has 0 aliphatic carbocycles. The first kappa shape index (κ1) is 29.4. The predicted octanol–water partition coefficient (Wildman–Crippen LogP) is 4.91. The molecule has 3 aromatic rings. The van der Waals surface area contributed by atoms with E-state index in [1.165, 1.54) is 24.3 Å². The molecule has 0 saturated carbocycles. The summed E-state index contributed by atoms with van der Waals surface area (Å²) in [4.78, 5) is 29.3. The number of rotatable bonds is 10. The summed E-state index contributed by atoms with van der Waals surface area (Å²) in [5.74, 6) is -1.22. The fourth-order valence-electron chi connectivity index (χ4n) is 5.71. The van der Waals surface area contributed by atoms with Gasteiger partial charge in [0, 0.05) is 31.2 Å². The van der Waals surface area contributed by atoms with Gasteiger partial charge >= 0.3 is 0 Å². The largest absolute Gasteiger partial charge is 0.368 e. The van der Waals surface area contributed by atoms with Gasteiger partial charge in [-0.2, -0.15) is 0 Å². The van der Waals surface area contributed by atoms with Crippen LogP contribution in [0.5, 0.6) is 0 Å². The zero-order valence-corrected chi connectivity index (χ0v) is 23.4. The molecule has 0 radical (unpaired) electrons. The number of nitrogens with zero attached hydrogens (tertiary/aromatic N) is 2. The Balaban J connectivity index is 1.35. The highest BCUT2D eigenvalue weighted by molar-refractivity contribution is 5.94. The smallest absolute Gasteiger partial charge is 0.238 e. The molecule has 1 aliphatic rings. The molecule has 1 aliphatic heterocycles. The maximum Gasteiger partial charge on any atom is 0.238 e. The third-order valence-electron chi connectivity index (χ3n) is 7.70. The average Bonchev–Trinajstić information content (AvgIpc) is 2.90. The second kappa shape index (κ2) is 13.2. The first-order valence-electron chi connectivity index (χ1n) is 13.7. The first-order chi connectivity index (χ1) is 19.1. The lowest BCUT2D eigenvalue weighted by Gasteiger charge is -2.39. The quantitative estimate of drug-likeness (QED) is 0.377. The number of hydrogen-bond acceptors (Lipinski definition) is 4. The summed E-state index contributed by atoms with van der Waals surface area (Å²) in [5.41, 5.74) is 11.7. The Kier molecular flexibility index (Phi) is 9.66. The third kappa shape index (κ3) is 7.52. The molecule has 4 rings (SSSR count). The van der Waals surface area contributed by atoms with Crippen molar-refractivity contribution >= 4 is 17.5 Å². The van der Waals surface area contributed by atoms with Crippen LogP contribution >= 0.6 is 0 Å². The minimum Gasteiger partial charge on any atom is -0.368 e. The molecule has 3 aromatic carbocycles. The van der Waals surface area contributed by atoms with E-state index in [2.05, 4.69) is 10.2 Å². The lowest BCUT2D eigenvalue weighted by atomic mass is 9.87. The number of benzene rings is 3. The Morgan fingerprint density at radius 3 is 2.00 bits per heavy atom. The van der Waals surface area contributed by atoms with Crippen molar-refractivity contribution in [2.75, 3.05) is 38.0 Å². The highest BCUT2D eigenvalue weighted by atomic mass is 19.1. The Labute approximate surface area is 235 Å². The van der Waals surface area contributed by atoms with Crippen LogP contribution in [0.15, 0.2) is 60.7 Å². The van der Waals surface area contributed by atoms with Crippen LogP contribution in [-0.4, -0.2) is 60.4 Å². The van der Waals surface area contributed by atoms with Crippen LogP contribution in [-0.2, 0) is 9.59 Å². The van der Waals surface area contributed by atoms with Crippen LogP contribution in [0.4, 0.5) is 14.5 Å². The van der Waals surface area contributed by atoms with Gasteiger partial charge in [0.25, 0.3) is 0 Å². The van der Waals surface area contributed by atoms with E-state index >= 15 is 0 Å². The number of carbonyl (C=O) groups excluding carboxylic acids is 2. The summed E-state index contributed by atoms with van der Waals surface area (Å²) in [6, 6.07) is 16.4. The number of hydrogen-bond donors (Lipinski definition) is 2. The zero-order chi connectivity index (χ0) is 28.8. The summed E-state index contributed by atoms with van der Waals surface area (Å²) in [6.45, 7) is 8.49. The highest BCUT2D eigenvalue weighted by Crippen LogP contribution is 2.30. The van der Waals surface area contributed by atoms with E-state index in [4.69, 9.17) is 5.73 Å². The molecule has 1 saturated heterocycles. The minimum absolute atomic E-state index is 0.00758. The van der Waals surface area contributed by atoms with Gasteiger partial charge in [-0.05, 0) is 86.7 Å². The standard InChI is InChI=1S/C32H38F2N4O2/c1-21-17-22(2)31(23(3)18-21)36-30(39)20-38-16-15-37(19-29(38)32(35)40)14-4-5-28(24-6-10-26(33)11-7-24)25-8-12-27(34)13-9-25/h6-13,17-18,28-29H,4-5,14-16,19-20H2,1-3H3,(H2,35,40)(H,36,39). The molecule has 1 heterocycles. The van der Waals surface area contributed by atoms with Gasteiger partial charge in [0.05, 0.1) is 6.54 Å². The van der Waals surface area contributed by atoms with Gasteiger partial charge < -0.3 is 11.1 Å². The lowest BCUT2D eigenvalue weighted by Crippen LogP contribution is -2.59. The van der Waals surface area contributed by atoms with Crippen molar-refractivity contribution in [1.82, 2.24) is 9.80 Å². The van der Waals surface area contributed by atoms with Gasteiger partial charge in [0.1, 0.15) is 17.7 Å². The monoisotopic (exact) mass is 548 g/mol. The predicted molar refractivity (Wildman–Crippen MR) is 154 cm³/mol. The van der Waals surface area contributed by atoms with E-state index in [9.17, 15) is 18.4 Å². The van der Waals surface area contributed by atoms with Gasteiger partial charge in [0.15, 0.2) is 0 Å². The zero-order valence-electron chi connectivity index (χ0n) is 23.4. The number of aryl methyl sites for hydroxylation is 3. The lowest BCUT2D eigenvalue weighted by molar-refractivity contribution is -0.127. The van der Waals surface area contributed by atoms with Crippen LogP contribution in [0.1, 0.15) is 46.6 Å². The summed E-state index contributed by atoms with van der Waals surface area (Å²) in [7, 11) is 0. The summed E-state index contributed by atoms with van der Waals surface area (Å²) in [5, 5.41) is 3.02. The maximum absolute atomic E-state index is 13.5. The number of primary amides is 1. The Morgan fingerprint density at radius 2 is 1.48 bits per heavy atom. The van der Waals surface area contributed by atoms with Crippen molar-refractivity contribution in [2.45, 2.75) is 45.6 Å². The molecule has 40 heavy (non-hydrogen) atoms. The van der Waals surface area contributed by atoms with Crippen LogP contribution in [0, 0.1) is 32.4 Å². The van der Waals surface area contributed by atoms with Gasteiger partial charge in [-0.15, -0.1) is 0 Å². The average molecular weight is 549 g/mol. The van der Waals surface area contributed by atoms with Gasteiger partial charge in [-0.3, -0.25) is 19.4 Å². The van der Waals surface area contributed by atoms with Crippen molar-refractivity contribution in [3.63, 3.8) is 0 Å². The topological polar surface area (TPSA) is 78.7 Å². The SMILES string of the molecule is Cc1cc(C)c(NC(=O)CN2CCN(CCCC(c3ccc(F)cc3)c3ccc(F)cc3)CC2C(N)=O)c(C)c1. The Bertz CT molecular complexity index is 1260. The number of carbonyl (C=O) groups is 2. The first-order valence-corrected chi connectivity index (χ1v) is 13.7. The summed E-state index contributed by atoms with van der Waals surface area (Å²) in [6.07, 6.45) is 1.59. The second-order valence-electron chi connectivity index (χ2n) is 10.8. The number of amides is 2. The van der Waals surface area contributed by atoms with Gasteiger partial charge in [0.2, 0.25) is 11.8 Å². The van der Waals surface area contributed by atoms with E-state index in [-0.39, 0.29) is 30.0 Å². The maximum atomic E-state index is 13.5. The van der Waals surface area contributed by atoms with Gasteiger partial charge in [-0.1, -0.05) is 42.0 Å². The fraction of sp³-hybridized carbons (Fsp3) is 0.375. The van der Waals surface area contributed by atoms with Crippen LogP contribution < -0.4 is 11.1 Å². The molecule has 8 heteroatoms. The van der Waals surface area contributed by atoms with Crippen molar-refractivity contribution < 1.29 is 18.4 Å². The van der Waals surface area contributed by atoms with E-state index in [1.54, 1.807) is 24.3 Å². The second-order valence-corrected chi connectivity index (χ2v) is 10.8. The molecule has 212 valence electrons. The molecule has 0 aromatic heterocycles. The molecule has 2 amide bonds. The van der Waals surface area contributed by atoms with Crippen molar-refractivity contribution in [2.24, 2.45) is 5.73 Å². The van der Waals surface area contributed by atoms with Crippen molar-refractivity contribution in [3.8, 4) is 0 Å². The third-order valence-corrected chi connectivity index (χ3v) is 7.70. The fourth-order valence-corrected chi connectivity index (χ4v) is 5.71. The molecular weight excluding hydrogens is 510 g/mol. The summed E-state index contributed by atoms with van der Waals surface area (Å²) < 4.78 is 27.1. The number of anilines is 1. The Hall–Kier alpha value is -3.62. The number of piperazine rings is 1. The Morgan fingerprint density at radius 1 is 0.925 bits per heavy atom. The van der Waals surface area contributed by atoms with Crippen LogP contribution in [0.2, 0.25) is 0 Å². The normalized spacial score (nSPS) is 16.3.